The highest BCUT2D eigenvalue weighted by Crippen LogP contribution is 2.35. The van der Waals surface area contributed by atoms with E-state index in [9.17, 15) is 22.8 Å². The first-order chi connectivity index (χ1) is 16.7. The molecule has 2 aromatic carbocycles. The third kappa shape index (κ3) is 5.55. The second-order valence-corrected chi connectivity index (χ2v) is 8.73. The van der Waals surface area contributed by atoms with Gasteiger partial charge in [0.05, 0.1) is 12.7 Å². The maximum Gasteiger partial charge on any atom is 0.437 e. The van der Waals surface area contributed by atoms with Crippen molar-refractivity contribution in [2.45, 2.75) is 32.4 Å². The number of carbonyl (C=O) groups excluding carboxylic acids is 2. The van der Waals surface area contributed by atoms with E-state index >= 15 is 0 Å². The van der Waals surface area contributed by atoms with Crippen LogP contribution < -0.4 is 4.90 Å². The van der Waals surface area contributed by atoms with Crippen LogP contribution in [0.2, 0.25) is 0 Å². The number of oxazole rings is 1. The lowest BCUT2D eigenvalue weighted by atomic mass is 10.00. The highest BCUT2D eigenvalue weighted by atomic mass is 19.4. The third-order valence-electron chi connectivity index (χ3n) is 6.02. The van der Waals surface area contributed by atoms with Gasteiger partial charge in [-0.3, -0.25) is 4.79 Å². The average molecular weight is 486 g/mol. The normalized spacial score (nSPS) is 16.3. The Balaban J connectivity index is 1.51. The number of ether oxygens (including phenoxy) is 1. The lowest BCUT2D eigenvalue weighted by molar-refractivity contribution is -0.141. The minimum atomic E-state index is -4.80. The van der Waals surface area contributed by atoms with Crippen LogP contribution in [0.15, 0.2) is 52.9 Å². The standard InChI is InChI=1S/C26H25F3N2O4/c1-16-4-3-13-31(15-16)25-30-23(26(27,28)29)22(35-25)21(32)14-17-5-7-18(8-6-17)19-9-11-20(12-10-19)24(33)34-2/h5-12,16H,3-4,13-15H2,1-2H3. The Kier molecular flexibility index (Phi) is 6.95. The molecule has 4 rings (SSSR count). The molecule has 0 bridgehead atoms. The van der Waals surface area contributed by atoms with Crippen LogP contribution in [0, 0.1) is 5.92 Å². The summed E-state index contributed by atoms with van der Waals surface area (Å²) in [6.07, 6.45) is -3.24. The van der Waals surface area contributed by atoms with Crippen LogP contribution in [0.5, 0.6) is 0 Å². The van der Waals surface area contributed by atoms with Gasteiger partial charge in [0.25, 0.3) is 6.01 Å². The van der Waals surface area contributed by atoms with Crippen molar-refractivity contribution in [2.75, 3.05) is 25.1 Å². The summed E-state index contributed by atoms with van der Waals surface area (Å²) in [7, 11) is 1.31. The number of Topliss-reactive ketones (excluding diaryl/α,β-unsaturated/α-hetero) is 1. The zero-order valence-electron chi connectivity index (χ0n) is 19.4. The van der Waals surface area contributed by atoms with Crippen molar-refractivity contribution in [3.05, 3.63) is 71.1 Å². The molecule has 1 atom stereocenters. The lowest BCUT2D eigenvalue weighted by Gasteiger charge is -2.29. The van der Waals surface area contributed by atoms with Crippen LogP contribution >= 0.6 is 0 Å². The Labute approximate surface area is 200 Å². The van der Waals surface area contributed by atoms with E-state index in [0.29, 0.717) is 30.1 Å². The Hall–Kier alpha value is -3.62. The van der Waals surface area contributed by atoms with Gasteiger partial charge in [0.1, 0.15) is 0 Å². The molecule has 1 fully saturated rings. The molecule has 0 spiro atoms. The molecule has 1 aliphatic heterocycles. The molecule has 0 amide bonds. The highest BCUT2D eigenvalue weighted by molar-refractivity contribution is 5.96. The van der Waals surface area contributed by atoms with Gasteiger partial charge in [-0.05, 0) is 47.6 Å². The summed E-state index contributed by atoms with van der Waals surface area (Å²) in [4.78, 5) is 29.7. The second kappa shape index (κ2) is 9.93. The predicted octanol–water partition coefficient (Wildman–Crippen LogP) is 5.81. The largest absolute Gasteiger partial charge is 0.465 e. The van der Waals surface area contributed by atoms with E-state index < -0.39 is 29.4 Å². The smallest absolute Gasteiger partial charge is 0.437 e. The summed E-state index contributed by atoms with van der Waals surface area (Å²) in [5, 5.41) is 0. The Morgan fingerprint density at radius 1 is 1.09 bits per heavy atom. The second-order valence-electron chi connectivity index (χ2n) is 8.73. The summed E-state index contributed by atoms with van der Waals surface area (Å²) in [6, 6.07) is 13.5. The van der Waals surface area contributed by atoms with E-state index in [1.54, 1.807) is 53.4 Å². The first kappa shape index (κ1) is 24.5. The number of ketones is 1. The third-order valence-corrected chi connectivity index (χ3v) is 6.02. The molecule has 184 valence electrons. The summed E-state index contributed by atoms with van der Waals surface area (Å²) >= 11 is 0. The molecule has 1 unspecified atom stereocenters. The SMILES string of the molecule is COC(=O)c1ccc(-c2ccc(CC(=O)c3oc(N4CCCC(C)C4)nc3C(F)(F)F)cc2)cc1. The fourth-order valence-electron chi connectivity index (χ4n) is 4.19. The number of benzene rings is 2. The molecule has 0 aliphatic carbocycles. The minimum Gasteiger partial charge on any atom is -0.465 e. The van der Waals surface area contributed by atoms with Crippen molar-refractivity contribution in [1.29, 1.82) is 0 Å². The molecule has 0 radical (unpaired) electrons. The number of piperidine rings is 1. The van der Waals surface area contributed by atoms with Crippen molar-refractivity contribution in [3.63, 3.8) is 0 Å². The number of hydrogen-bond acceptors (Lipinski definition) is 6. The summed E-state index contributed by atoms with van der Waals surface area (Å²) in [5.74, 6) is -1.67. The van der Waals surface area contributed by atoms with Crippen molar-refractivity contribution in [2.24, 2.45) is 5.92 Å². The van der Waals surface area contributed by atoms with Crippen LogP contribution in [0.3, 0.4) is 0 Å². The Morgan fingerprint density at radius 3 is 2.29 bits per heavy atom. The Morgan fingerprint density at radius 2 is 1.71 bits per heavy atom. The van der Waals surface area contributed by atoms with Crippen LogP contribution in [-0.2, 0) is 17.3 Å². The number of carbonyl (C=O) groups is 2. The number of anilines is 1. The molecule has 6 nitrogen and oxygen atoms in total. The van der Waals surface area contributed by atoms with Gasteiger partial charge in [-0.15, -0.1) is 0 Å². The molecule has 0 N–H and O–H groups in total. The predicted molar refractivity (Wildman–Crippen MR) is 123 cm³/mol. The monoisotopic (exact) mass is 486 g/mol. The maximum absolute atomic E-state index is 13.6. The van der Waals surface area contributed by atoms with E-state index in [2.05, 4.69) is 9.72 Å². The molecular formula is C26H25F3N2O4. The van der Waals surface area contributed by atoms with Crippen LogP contribution in [0.25, 0.3) is 11.1 Å². The van der Waals surface area contributed by atoms with E-state index in [-0.39, 0.29) is 12.4 Å². The van der Waals surface area contributed by atoms with Gasteiger partial charge < -0.3 is 14.1 Å². The van der Waals surface area contributed by atoms with Gasteiger partial charge in [0.15, 0.2) is 5.69 Å². The molecule has 1 aromatic heterocycles. The van der Waals surface area contributed by atoms with Crippen molar-refractivity contribution in [3.8, 4) is 11.1 Å². The number of aromatic nitrogens is 1. The topological polar surface area (TPSA) is 72.6 Å². The van der Waals surface area contributed by atoms with Crippen LogP contribution in [0.1, 0.15) is 51.9 Å². The molecule has 1 saturated heterocycles. The van der Waals surface area contributed by atoms with Crippen LogP contribution in [-0.4, -0.2) is 36.9 Å². The number of halogens is 3. The minimum absolute atomic E-state index is 0.155. The quantitative estimate of drug-likeness (QED) is 0.324. The summed E-state index contributed by atoms with van der Waals surface area (Å²) in [6.45, 7) is 3.09. The van der Waals surface area contributed by atoms with Crippen molar-refractivity contribution < 1.29 is 31.9 Å². The van der Waals surface area contributed by atoms with Gasteiger partial charge in [-0.25, -0.2) is 4.79 Å². The maximum atomic E-state index is 13.6. The number of hydrogen-bond donors (Lipinski definition) is 0. The molecule has 35 heavy (non-hydrogen) atoms. The average Bonchev–Trinajstić information content (AvgIpc) is 3.31. The number of methoxy groups -OCH3 is 1. The van der Waals surface area contributed by atoms with Crippen molar-refractivity contribution >= 4 is 17.8 Å². The lowest BCUT2D eigenvalue weighted by Crippen LogP contribution is -2.34. The first-order valence-electron chi connectivity index (χ1n) is 11.3. The fraction of sp³-hybridized carbons (Fsp3) is 0.346. The van der Waals surface area contributed by atoms with E-state index in [1.165, 1.54) is 7.11 Å². The summed E-state index contributed by atoms with van der Waals surface area (Å²) in [5.41, 5.74) is 1.35. The van der Waals surface area contributed by atoms with E-state index in [4.69, 9.17) is 4.42 Å². The number of esters is 1. The van der Waals surface area contributed by atoms with Gasteiger partial charge in [-0.2, -0.15) is 18.2 Å². The zero-order valence-corrected chi connectivity index (χ0v) is 19.4. The molecule has 3 aromatic rings. The number of alkyl halides is 3. The first-order valence-corrected chi connectivity index (χ1v) is 11.3. The van der Waals surface area contributed by atoms with Gasteiger partial charge in [-0.1, -0.05) is 43.3 Å². The molecule has 2 heterocycles. The van der Waals surface area contributed by atoms with Crippen LogP contribution in [0.4, 0.5) is 19.2 Å². The Bertz CT molecular complexity index is 1200. The van der Waals surface area contributed by atoms with Gasteiger partial charge >= 0.3 is 12.1 Å². The van der Waals surface area contributed by atoms with Gasteiger partial charge in [0.2, 0.25) is 11.5 Å². The molecule has 9 heteroatoms. The highest BCUT2D eigenvalue weighted by Gasteiger charge is 2.42. The molecule has 1 aliphatic rings. The molecular weight excluding hydrogens is 461 g/mol. The van der Waals surface area contributed by atoms with Gasteiger partial charge in [0, 0.05) is 19.5 Å². The zero-order chi connectivity index (χ0) is 25.2. The van der Waals surface area contributed by atoms with E-state index in [0.717, 1.165) is 24.0 Å². The number of nitrogens with zero attached hydrogens (tertiary/aromatic N) is 2. The molecule has 0 saturated carbocycles. The van der Waals surface area contributed by atoms with E-state index in [1.807, 2.05) is 6.92 Å². The number of rotatable bonds is 6. The fourth-order valence-corrected chi connectivity index (χ4v) is 4.19. The van der Waals surface area contributed by atoms with Crippen molar-refractivity contribution in [1.82, 2.24) is 4.98 Å². The summed E-state index contributed by atoms with van der Waals surface area (Å²) < 4.78 is 51.0.